The number of hydrogen-bond donors (Lipinski definition) is 0. The summed E-state index contributed by atoms with van der Waals surface area (Å²) >= 11 is 0. The second-order valence-electron chi connectivity index (χ2n) is 5.62. The van der Waals surface area contributed by atoms with E-state index in [1.807, 2.05) is 0 Å². The minimum Gasteiger partial charge on any atom is -0.299 e. The number of likely N-dealkylation sites (N-methyl/N-ethyl adjacent to an activating group) is 1. The summed E-state index contributed by atoms with van der Waals surface area (Å²) in [7, 11) is 2.23. The zero-order valence-corrected chi connectivity index (χ0v) is 10.4. The Morgan fingerprint density at radius 3 is 2.69 bits per heavy atom. The molecule has 1 nitrogen and oxygen atoms in total. The molecule has 0 amide bonds. The number of benzene rings is 1. The summed E-state index contributed by atoms with van der Waals surface area (Å²) in [4.78, 5) is 2.45. The molecule has 1 fully saturated rings. The standard InChI is InChI=1S/C15H21N/c1-11-8-15-9-13(12-4-3-5-12)6-7-14(15)10-16(11)2/h6-7,9,11-12H,3-5,8,10H2,1-2H3. The first kappa shape index (κ1) is 10.3. The molecule has 1 aliphatic heterocycles. The summed E-state index contributed by atoms with van der Waals surface area (Å²) in [5.74, 6) is 0.875. The molecular weight excluding hydrogens is 194 g/mol. The van der Waals surface area contributed by atoms with E-state index in [0.717, 1.165) is 12.5 Å². The molecule has 1 heteroatoms. The van der Waals surface area contributed by atoms with Crippen molar-refractivity contribution in [2.45, 2.75) is 51.1 Å². The fourth-order valence-corrected chi connectivity index (χ4v) is 2.88. The van der Waals surface area contributed by atoms with Crippen LogP contribution in [0.2, 0.25) is 0 Å². The average Bonchev–Trinajstić information content (AvgIpc) is 2.17. The molecule has 1 atom stereocenters. The zero-order valence-electron chi connectivity index (χ0n) is 10.4. The largest absolute Gasteiger partial charge is 0.299 e. The molecule has 2 aliphatic rings. The predicted molar refractivity (Wildman–Crippen MR) is 67.7 cm³/mol. The molecule has 86 valence electrons. The monoisotopic (exact) mass is 215 g/mol. The van der Waals surface area contributed by atoms with Gasteiger partial charge in [0, 0.05) is 12.6 Å². The van der Waals surface area contributed by atoms with Crippen LogP contribution in [0.4, 0.5) is 0 Å². The maximum atomic E-state index is 2.49. The van der Waals surface area contributed by atoms with E-state index in [4.69, 9.17) is 0 Å². The van der Waals surface area contributed by atoms with Gasteiger partial charge in [0.1, 0.15) is 0 Å². The van der Waals surface area contributed by atoms with Crippen LogP contribution in [-0.4, -0.2) is 18.0 Å². The van der Waals surface area contributed by atoms with Gasteiger partial charge in [0.15, 0.2) is 0 Å². The molecule has 0 saturated heterocycles. The third-order valence-corrected chi connectivity index (χ3v) is 4.49. The van der Waals surface area contributed by atoms with Crippen LogP contribution < -0.4 is 0 Å². The normalized spacial score (nSPS) is 26.2. The minimum absolute atomic E-state index is 0.698. The molecule has 1 heterocycles. The van der Waals surface area contributed by atoms with Crippen molar-refractivity contribution in [2.75, 3.05) is 7.05 Å². The van der Waals surface area contributed by atoms with E-state index in [9.17, 15) is 0 Å². The molecule has 1 saturated carbocycles. The number of rotatable bonds is 1. The van der Waals surface area contributed by atoms with Gasteiger partial charge in [0.2, 0.25) is 0 Å². The van der Waals surface area contributed by atoms with E-state index >= 15 is 0 Å². The highest BCUT2D eigenvalue weighted by atomic mass is 15.1. The maximum absolute atomic E-state index is 2.49. The van der Waals surface area contributed by atoms with Crippen LogP contribution in [0.3, 0.4) is 0 Å². The summed E-state index contributed by atoms with van der Waals surface area (Å²) in [6.45, 7) is 3.46. The highest BCUT2D eigenvalue weighted by Crippen LogP contribution is 2.37. The quantitative estimate of drug-likeness (QED) is 0.694. The van der Waals surface area contributed by atoms with Gasteiger partial charge in [-0.25, -0.2) is 0 Å². The molecule has 1 aliphatic carbocycles. The number of nitrogens with zero attached hydrogens (tertiary/aromatic N) is 1. The second-order valence-corrected chi connectivity index (χ2v) is 5.62. The Kier molecular flexibility index (Phi) is 2.51. The Balaban J connectivity index is 1.89. The highest BCUT2D eigenvalue weighted by Gasteiger charge is 2.23. The lowest BCUT2D eigenvalue weighted by molar-refractivity contribution is 0.231. The van der Waals surface area contributed by atoms with Crippen LogP contribution in [0, 0.1) is 0 Å². The van der Waals surface area contributed by atoms with Crippen molar-refractivity contribution in [3.8, 4) is 0 Å². The van der Waals surface area contributed by atoms with E-state index in [2.05, 4.69) is 37.1 Å². The lowest BCUT2D eigenvalue weighted by atomic mass is 9.78. The lowest BCUT2D eigenvalue weighted by Gasteiger charge is -2.33. The summed E-state index contributed by atoms with van der Waals surface area (Å²) in [5.41, 5.74) is 4.75. The Labute approximate surface area is 98.5 Å². The van der Waals surface area contributed by atoms with E-state index < -0.39 is 0 Å². The summed E-state index contributed by atoms with van der Waals surface area (Å²) in [5, 5.41) is 0. The molecular formula is C15H21N. The van der Waals surface area contributed by atoms with Crippen LogP contribution in [0.15, 0.2) is 18.2 Å². The van der Waals surface area contributed by atoms with Gasteiger partial charge < -0.3 is 0 Å². The first-order valence-corrected chi connectivity index (χ1v) is 6.56. The SMILES string of the molecule is CC1Cc2cc(C3CCC3)ccc2CN1C. The molecule has 3 rings (SSSR count). The van der Waals surface area contributed by atoms with Crippen molar-refractivity contribution in [3.05, 3.63) is 34.9 Å². The first-order valence-electron chi connectivity index (χ1n) is 6.56. The molecule has 16 heavy (non-hydrogen) atoms. The number of fused-ring (bicyclic) bond motifs is 1. The van der Waals surface area contributed by atoms with Crippen molar-refractivity contribution < 1.29 is 0 Å². The average molecular weight is 215 g/mol. The van der Waals surface area contributed by atoms with E-state index in [-0.39, 0.29) is 0 Å². The Hall–Kier alpha value is -0.820. The summed E-state index contributed by atoms with van der Waals surface area (Å²) in [6, 6.07) is 7.92. The molecule has 1 aromatic rings. The smallest absolute Gasteiger partial charge is 0.0236 e. The predicted octanol–water partition coefficient (Wildman–Crippen LogP) is 3.33. The van der Waals surface area contributed by atoms with Gasteiger partial charge in [0.05, 0.1) is 0 Å². The molecule has 1 unspecified atom stereocenters. The fourth-order valence-electron chi connectivity index (χ4n) is 2.88. The fraction of sp³-hybridized carbons (Fsp3) is 0.600. The Morgan fingerprint density at radius 1 is 1.19 bits per heavy atom. The van der Waals surface area contributed by atoms with Gasteiger partial charge in [0.25, 0.3) is 0 Å². The van der Waals surface area contributed by atoms with E-state index in [0.29, 0.717) is 6.04 Å². The molecule has 0 spiro atoms. The van der Waals surface area contributed by atoms with Crippen LogP contribution in [0.1, 0.15) is 48.8 Å². The van der Waals surface area contributed by atoms with Crippen LogP contribution in [0.25, 0.3) is 0 Å². The number of hydrogen-bond acceptors (Lipinski definition) is 1. The maximum Gasteiger partial charge on any atom is 0.0236 e. The third kappa shape index (κ3) is 1.67. The molecule has 0 bridgehead atoms. The van der Waals surface area contributed by atoms with Crippen LogP contribution >= 0.6 is 0 Å². The van der Waals surface area contributed by atoms with Crippen molar-refractivity contribution in [2.24, 2.45) is 0 Å². The summed E-state index contributed by atoms with van der Waals surface area (Å²) in [6.07, 6.45) is 5.48. The Morgan fingerprint density at radius 2 is 2.00 bits per heavy atom. The third-order valence-electron chi connectivity index (χ3n) is 4.49. The van der Waals surface area contributed by atoms with Crippen molar-refractivity contribution in [1.82, 2.24) is 4.90 Å². The van der Waals surface area contributed by atoms with Crippen LogP contribution in [-0.2, 0) is 13.0 Å². The van der Waals surface area contributed by atoms with Crippen molar-refractivity contribution >= 4 is 0 Å². The van der Waals surface area contributed by atoms with Crippen molar-refractivity contribution in [1.29, 1.82) is 0 Å². The van der Waals surface area contributed by atoms with Gasteiger partial charge in [-0.1, -0.05) is 24.6 Å². The van der Waals surface area contributed by atoms with Gasteiger partial charge in [-0.05, 0) is 55.8 Å². The van der Waals surface area contributed by atoms with Gasteiger partial charge in [-0.3, -0.25) is 4.90 Å². The highest BCUT2D eigenvalue weighted by molar-refractivity contribution is 5.36. The summed E-state index contributed by atoms with van der Waals surface area (Å²) < 4.78 is 0. The Bertz CT molecular complexity index is 392. The van der Waals surface area contributed by atoms with E-state index in [1.165, 1.54) is 25.7 Å². The van der Waals surface area contributed by atoms with Crippen molar-refractivity contribution in [3.63, 3.8) is 0 Å². The van der Waals surface area contributed by atoms with Gasteiger partial charge in [-0.2, -0.15) is 0 Å². The second kappa shape index (κ2) is 3.89. The topological polar surface area (TPSA) is 3.24 Å². The molecule has 0 aromatic heterocycles. The molecule has 1 aromatic carbocycles. The first-order chi connectivity index (χ1) is 7.74. The van der Waals surface area contributed by atoms with Gasteiger partial charge in [-0.15, -0.1) is 0 Å². The lowest BCUT2D eigenvalue weighted by Crippen LogP contribution is -2.35. The van der Waals surface area contributed by atoms with Crippen LogP contribution in [0.5, 0.6) is 0 Å². The molecule has 0 radical (unpaired) electrons. The molecule has 0 N–H and O–H groups in total. The minimum atomic E-state index is 0.698. The van der Waals surface area contributed by atoms with E-state index in [1.54, 1.807) is 16.7 Å². The van der Waals surface area contributed by atoms with Gasteiger partial charge >= 0.3 is 0 Å². The zero-order chi connectivity index (χ0) is 11.1.